The van der Waals surface area contributed by atoms with E-state index in [0.717, 1.165) is 31.4 Å². The van der Waals surface area contributed by atoms with Gasteiger partial charge in [0.25, 0.3) is 0 Å². The lowest BCUT2D eigenvalue weighted by molar-refractivity contribution is -0.153. The van der Waals surface area contributed by atoms with E-state index in [2.05, 4.69) is 5.32 Å². The number of hydrogen-bond donors (Lipinski definition) is 1. The zero-order chi connectivity index (χ0) is 12.4. The standard InChI is InChI=1S/C15H19NO2/c17-14(18-11-12-5-2-1-3-6-12)15-8-4-7-13(9-15)10-16-15/h1-3,5-6,13,16H,4,7-11H2/t13-,15+/m0/s1. The zero-order valence-electron chi connectivity index (χ0n) is 10.5. The first kappa shape index (κ1) is 11.7. The number of fused-ring (bicyclic) bond motifs is 2. The largest absolute Gasteiger partial charge is 0.459 e. The smallest absolute Gasteiger partial charge is 0.326 e. The fraction of sp³-hybridized carbons (Fsp3) is 0.533. The van der Waals surface area contributed by atoms with Gasteiger partial charge in [-0.15, -0.1) is 0 Å². The molecule has 18 heavy (non-hydrogen) atoms. The van der Waals surface area contributed by atoms with Crippen LogP contribution in [0.25, 0.3) is 0 Å². The quantitative estimate of drug-likeness (QED) is 0.830. The Bertz CT molecular complexity index is 427. The van der Waals surface area contributed by atoms with Crippen LogP contribution in [0.15, 0.2) is 30.3 Å². The van der Waals surface area contributed by atoms with Gasteiger partial charge in [-0.05, 0) is 37.3 Å². The van der Waals surface area contributed by atoms with E-state index in [1.165, 1.54) is 6.42 Å². The number of benzene rings is 1. The van der Waals surface area contributed by atoms with Crippen molar-refractivity contribution in [3.8, 4) is 0 Å². The van der Waals surface area contributed by atoms with Crippen molar-refractivity contribution in [3.63, 3.8) is 0 Å². The Balaban J connectivity index is 1.62. The Hall–Kier alpha value is -1.35. The molecule has 3 nitrogen and oxygen atoms in total. The summed E-state index contributed by atoms with van der Waals surface area (Å²) < 4.78 is 5.49. The fourth-order valence-electron chi connectivity index (χ4n) is 3.18. The maximum Gasteiger partial charge on any atom is 0.326 e. The number of nitrogens with one attached hydrogen (secondary N) is 1. The summed E-state index contributed by atoms with van der Waals surface area (Å²) in [5, 5.41) is 3.39. The molecular formula is C15H19NO2. The van der Waals surface area contributed by atoms with Crippen molar-refractivity contribution < 1.29 is 9.53 Å². The van der Waals surface area contributed by atoms with Gasteiger partial charge in [0.1, 0.15) is 12.1 Å². The maximum atomic E-state index is 12.3. The van der Waals surface area contributed by atoms with Crippen LogP contribution in [0.2, 0.25) is 0 Å². The lowest BCUT2D eigenvalue weighted by Gasteiger charge is -2.30. The number of ether oxygens (including phenoxy) is 1. The molecule has 0 unspecified atom stereocenters. The highest BCUT2D eigenvalue weighted by Crippen LogP contribution is 2.38. The van der Waals surface area contributed by atoms with Gasteiger partial charge in [-0.25, -0.2) is 0 Å². The molecule has 2 aliphatic rings. The highest BCUT2D eigenvalue weighted by atomic mass is 16.5. The third kappa shape index (κ3) is 2.15. The van der Waals surface area contributed by atoms with Crippen LogP contribution in [0, 0.1) is 5.92 Å². The number of hydrogen-bond acceptors (Lipinski definition) is 3. The molecule has 1 aromatic carbocycles. The first-order chi connectivity index (χ1) is 8.78. The molecule has 2 fully saturated rings. The monoisotopic (exact) mass is 245 g/mol. The van der Waals surface area contributed by atoms with Gasteiger partial charge >= 0.3 is 5.97 Å². The van der Waals surface area contributed by atoms with Crippen LogP contribution in [-0.2, 0) is 16.1 Å². The van der Waals surface area contributed by atoms with E-state index in [-0.39, 0.29) is 11.5 Å². The van der Waals surface area contributed by atoms with E-state index in [0.29, 0.717) is 12.5 Å². The minimum Gasteiger partial charge on any atom is -0.459 e. The number of esters is 1. The second-order valence-corrected chi connectivity index (χ2v) is 5.49. The van der Waals surface area contributed by atoms with Crippen molar-refractivity contribution in [1.29, 1.82) is 0 Å². The average Bonchev–Trinajstić information content (AvgIpc) is 2.73. The summed E-state index contributed by atoms with van der Waals surface area (Å²) in [4.78, 5) is 12.3. The van der Waals surface area contributed by atoms with Crippen LogP contribution in [0.5, 0.6) is 0 Å². The zero-order valence-corrected chi connectivity index (χ0v) is 10.5. The van der Waals surface area contributed by atoms with Crippen molar-refractivity contribution in [1.82, 2.24) is 5.32 Å². The Morgan fingerprint density at radius 1 is 1.39 bits per heavy atom. The van der Waals surface area contributed by atoms with Gasteiger partial charge in [0, 0.05) is 0 Å². The Labute approximate surface area is 108 Å². The van der Waals surface area contributed by atoms with Gasteiger partial charge in [0.15, 0.2) is 0 Å². The fourth-order valence-corrected chi connectivity index (χ4v) is 3.18. The van der Waals surface area contributed by atoms with Crippen LogP contribution in [0.3, 0.4) is 0 Å². The van der Waals surface area contributed by atoms with Gasteiger partial charge in [-0.3, -0.25) is 4.79 Å². The molecular weight excluding hydrogens is 226 g/mol. The third-order valence-electron chi connectivity index (χ3n) is 4.19. The molecule has 1 N–H and O–H groups in total. The molecule has 1 heterocycles. The van der Waals surface area contributed by atoms with Crippen molar-refractivity contribution in [2.75, 3.05) is 6.54 Å². The highest BCUT2D eigenvalue weighted by molar-refractivity contribution is 5.81. The number of rotatable bonds is 3. The van der Waals surface area contributed by atoms with Gasteiger partial charge in [-0.2, -0.15) is 0 Å². The summed E-state index contributed by atoms with van der Waals surface area (Å²) in [7, 11) is 0. The first-order valence-electron chi connectivity index (χ1n) is 6.75. The third-order valence-corrected chi connectivity index (χ3v) is 4.19. The summed E-state index contributed by atoms with van der Waals surface area (Å²) in [6, 6.07) is 9.86. The Morgan fingerprint density at radius 3 is 3.06 bits per heavy atom. The Morgan fingerprint density at radius 2 is 2.22 bits per heavy atom. The molecule has 1 saturated heterocycles. The van der Waals surface area contributed by atoms with Crippen LogP contribution in [-0.4, -0.2) is 18.1 Å². The molecule has 0 aromatic heterocycles. The van der Waals surface area contributed by atoms with E-state index < -0.39 is 0 Å². The summed E-state index contributed by atoms with van der Waals surface area (Å²) in [6.07, 6.45) is 4.27. The SMILES string of the molecule is O=C(OCc1ccccc1)[C@]12CCC[C@H](CN1)C2. The molecule has 2 atom stereocenters. The topological polar surface area (TPSA) is 38.3 Å². The van der Waals surface area contributed by atoms with Crippen LogP contribution in [0.1, 0.15) is 31.2 Å². The summed E-state index contributed by atoms with van der Waals surface area (Å²) in [5.74, 6) is 0.608. The van der Waals surface area contributed by atoms with Gasteiger partial charge in [0.05, 0.1) is 0 Å². The molecule has 3 rings (SSSR count). The predicted octanol–water partition coefficient (Wildman–Crippen LogP) is 2.26. The molecule has 0 amide bonds. The van der Waals surface area contributed by atoms with Crippen molar-refractivity contribution in [2.45, 2.75) is 37.8 Å². The highest BCUT2D eigenvalue weighted by Gasteiger charge is 2.48. The second kappa shape index (κ2) is 4.73. The van der Waals surface area contributed by atoms with Crippen molar-refractivity contribution >= 4 is 5.97 Å². The number of carbonyl (C=O) groups is 1. The molecule has 2 bridgehead atoms. The van der Waals surface area contributed by atoms with Crippen molar-refractivity contribution in [2.24, 2.45) is 5.92 Å². The molecule has 1 aliphatic heterocycles. The van der Waals surface area contributed by atoms with E-state index in [4.69, 9.17) is 4.74 Å². The summed E-state index contributed by atoms with van der Waals surface area (Å²) >= 11 is 0. The number of carbonyl (C=O) groups excluding carboxylic acids is 1. The molecule has 1 saturated carbocycles. The van der Waals surface area contributed by atoms with Gasteiger partial charge in [0.2, 0.25) is 0 Å². The minimum absolute atomic E-state index is 0.0615. The first-order valence-corrected chi connectivity index (χ1v) is 6.75. The van der Waals surface area contributed by atoms with E-state index >= 15 is 0 Å². The lowest BCUT2D eigenvalue weighted by Crippen LogP contribution is -2.49. The van der Waals surface area contributed by atoms with E-state index in [1.807, 2.05) is 30.3 Å². The molecule has 0 spiro atoms. The van der Waals surface area contributed by atoms with E-state index in [9.17, 15) is 4.79 Å². The molecule has 1 aliphatic carbocycles. The van der Waals surface area contributed by atoms with Gasteiger partial charge < -0.3 is 10.1 Å². The molecule has 0 radical (unpaired) electrons. The summed E-state index contributed by atoms with van der Waals surface area (Å²) in [5.41, 5.74) is 0.671. The second-order valence-electron chi connectivity index (χ2n) is 5.49. The van der Waals surface area contributed by atoms with Crippen molar-refractivity contribution in [3.05, 3.63) is 35.9 Å². The van der Waals surface area contributed by atoms with E-state index in [1.54, 1.807) is 0 Å². The summed E-state index contributed by atoms with van der Waals surface area (Å²) in [6.45, 7) is 1.36. The van der Waals surface area contributed by atoms with Crippen LogP contribution in [0.4, 0.5) is 0 Å². The molecule has 3 heteroatoms. The van der Waals surface area contributed by atoms with Crippen LogP contribution >= 0.6 is 0 Å². The average molecular weight is 245 g/mol. The normalized spacial score (nSPS) is 30.1. The maximum absolute atomic E-state index is 12.3. The molecule has 96 valence electrons. The van der Waals surface area contributed by atoms with Gasteiger partial charge in [-0.1, -0.05) is 36.8 Å². The lowest BCUT2D eigenvalue weighted by atomic mass is 9.80. The minimum atomic E-state index is -0.377. The molecule has 1 aromatic rings. The Kier molecular flexibility index (Phi) is 3.08. The van der Waals surface area contributed by atoms with Crippen LogP contribution < -0.4 is 5.32 Å². The predicted molar refractivity (Wildman–Crippen MR) is 68.9 cm³/mol.